The fourth-order valence-electron chi connectivity index (χ4n) is 2.64. The molecule has 0 aliphatic rings. The van der Waals surface area contributed by atoms with Gasteiger partial charge in [0, 0.05) is 16.7 Å². The van der Waals surface area contributed by atoms with Crippen LogP contribution in [0.25, 0.3) is 21.3 Å². The molecule has 2 aromatic heterocycles. The molecule has 124 valence electrons. The van der Waals surface area contributed by atoms with E-state index in [4.69, 9.17) is 5.84 Å². The van der Waals surface area contributed by atoms with Gasteiger partial charge >= 0.3 is 0 Å². The van der Waals surface area contributed by atoms with Crippen molar-refractivity contribution in [3.05, 3.63) is 82.0 Å². The number of thiophene rings is 1. The summed E-state index contributed by atoms with van der Waals surface area (Å²) in [6, 6.07) is 19.9. The molecule has 25 heavy (non-hydrogen) atoms. The second-order valence-electron chi connectivity index (χ2n) is 5.54. The second-order valence-corrected chi connectivity index (χ2v) is 7.34. The molecule has 4 rings (SSSR count). The first kappa shape index (κ1) is 15.9. The van der Waals surface area contributed by atoms with Crippen molar-refractivity contribution >= 4 is 33.3 Å². The van der Waals surface area contributed by atoms with Crippen molar-refractivity contribution in [3.63, 3.8) is 0 Å². The van der Waals surface area contributed by atoms with Crippen LogP contribution in [0.2, 0.25) is 0 Å². The van der Waals surface area contributed by atoms with Crippen molar-refractivity contribution in [2.45, 2.75) is 10.9 Å². The molecule has 4 aromatic rings. The van der Waals surface area contributed by atoms with Crippen LogP contribution in [0.4, 0.5) is 0 Å². The Hall–Kier alpha value is -2.57. The van der Waals surface area contributed by atoms with Crippen LogP contribution in [0, 0.1) is 0 Å². The van der Waals surface area contributed by atoms with Gasteiger partial charge < -0.3 is 5.84 Å². The second kappa shape index (κ2) is 6.74. The first-order chi connectivity index (χ1) is 12.2. The number of benzene rings is 2. The van der Waals surface area contributed by atoms with Crippen molar-refractivity contribution in [2.75, 3.05) is 5.84 Å². The number of nitrogens with two attached hydrogens (primary N) is 1. The smallest absolute Gasteiger partial charge is 0.282 e. The van der Waals surface area contributed by atoms with Crippen LogP contribution in [0.5, 0.6) is 0 Å². The highest BCUT2D eigenvalue weighted by Gasteiger charge is 2.16. The molecular weight excluding hydrogens is 350 g/mol. The van der Waals surface area contributed by atoms with Crippen LogP contribution in [-0.4, -0.2) is 9.66 Å². The first-order valence-corrected chi connectivity index (χ1v) is 9.62. The summed E-state index contributed by atoms with van der Waals surface area (Å²) in [7, 11) is 0. The van der Waals surface area contributed by atoms with E-state index in [1.54, 1.807) is 0 Å². The quantitative estimate of drug-likeness (QED) is 0.336. The maximum absolute atomic E-state index is 12.8. The molecule has 0 spiro atoms. The van der Waals surface area contributed by atoms with Gasteiger partial charge in [-0.1, -0.05) is 72.4 Å². The largest absolute Gasteiger partial charge is 0.334 e. The number of nitrogen functional groups attached to an aromatic ring is 1. The zero-order chi connectivity index (χ0) is 17.2. The van der Waals surface area contributed by atoms with Gasteiger partial charge in [0.2, 0.25) is 0 Å². The Morgan fingerprint density at radius 2 is 1.72 bits per heavy atom. The third-order valence-corrected chi connectivity index (χ3v) is 5.80. The monoisotopic (exact) mass is 365 g/mol. The summed E-state index contributed by atoms with van der Waals surface area (Å²) in [6.45, 7) is 0. The van der Waals surface area contributed by atoms with Gasteiger partial charge in [-0.05, 0) is 11.1 Å². The van der Waals surface area contributed by atoms with Gasteiger partial charge in [-0.3, -0.25) is 4.79 Å². The van der Waals surface area contributed by atoms with E-state index < -0.39 is 0 Å². The highest BCUT2D eigenvalue weighted by atomic mass is 32.2. The van der Waals surface area contributed by atoms with Crippen molar-refractivity contribution in [3.8, 4) is 11.1 Å². The molecule has 0 fully saturated rings. The molecule has 0 atom stereocenters. The van der Waals surface area contributed by atoms with E-state index >= 15 is 0 Å². The standard InChI is InChI=1S/C19H15N3OS2/c20-22-18(23)16-15(14-9-5-2-6-10-14)12-24-17(16)21-19(22)25-11-13-7-3-1-4-8-13/h1-10,12H,11,20H2. The van der Waals surface area contributed by atoms with Crippen molar-refractivity contribution in [1.29, 1.82) is 0 Å². The van der Waals surface area contributed by atoms with E-state index in [1.807, 2.05) is 66.0 Å². The lowest BCUT2D eigenvalue weighted by Crippen LogP contribution is -2.29. The van der Waals surface area contributed by atoms with Gasteiger partial charge in [-0.25, -0.2) is 9.66 Å². The summed E-state index contributed by atoms with van der Waals surface area (Å²) in [6.07, 6.45) is 0. The molecule has 0 unspecified atom stereocenters. The van der Waals surface area contributed by atoms with Gasteiger partial charge in [0.15, 0.2) is 5.16 Å². The van der Waals surface area contributed by atoms with Crippen molar-refractivity contribution in [2.24, 2.45) is 0 Å². The topological polar surface area (TPSA) is 60.9 Å². The van der Waals surface area contributed by atoms with E-state index in [1.165, 1.54) is 23.1 Å². The van der Waals surface area contributed by atoms with Crippen molar-refractivity contribution < 1.29 is 0 Å². The Bertz CT molecular complexity index is 1070. The number of thioether (sulfide) groups is 1. The Morgan fingerprint density at radius 1 is 1.04 bits per heavy atom. The van der Waals surface area contributed by atoms with Crippen LogP contribution in [0.3, 0.4) is 0 Å². The average Bonchev–Trinajstić information content (AvgIpc) is 3.09. The molecule has 0 radical (unpaired) electrons. The molecule has 4 nitrogen and oxygen atoms in total. The molecule has 6 heteroatoms. The third-order valence-electron chi connectivity index (χ3n) is 3.90. The Balaban J connectivity index is 1.74. The average molecular weight is 365 g/mol. The summed E-state index contributed by atoms with van der Waals surface area (Å²) in [5.41, 5.74) is 2.84. The molecule has 0 saturated heterocycles. The van der Waals surface area contributed by atoms with Crippen LogP contribution in [0.15, 0.2) is 76.0 Å². The SMILES string of the molecule is Nn1c(SCc2ccccc2)nc2scc(-c3ccccc3)c2c1=O. The minimum absolute atomic E-state index is 0.208. The molecule has 2 aromatic carbocycles. The van der Waals surface area contributed by atoms with E-state index in [2.05, 4.69) is 4.98 Å². The number of rotatable bonds is 4. The summed E-state index contributed by atoms with van der Waals surface area (Å²) >= 11 is 2.94. The summed E-state index contributed by atoms with van der Waals surface area (Å²) < 4.78 is 1.16. The predicted octanol–water partition coefficient (Wildman–Crippen LogP) is 4.13. The Kier molecular flexibility index (Phi) is 4.29. The molecular formula is C19H15N3OS2. The fraction of sp³-hybridized carbons (Fsp3) is 0.0526. The fourth-order valence-corrected chi connectivity index (χ4v) is 4.50. The number of hydrogen-bond donors (Lipinski definition) is 1. The zero-order valence-corrected chi connectivity index (χ0v) is 14.9. The van der Waals surface area contributed by atoms with Gasteiger partial charge in [0.1, 0.15) is 4.83 Å². The summed E-state index contributed by atoms with van der Waals surface area (Å²) in [5, 5.41) is 3.09. The third kappa shape index (κ3) is 3.06. The molecule has 0 aliphatic carbocycles. The molecule has 0 amide bonds. The van der Waals surface area contributed by atoms with Gasteiger partial charge in [0.25, 0.3) is 5.56 Å². The number of fused-ring (bicyclic) bond motifs is 1. The maximum atomic E-state index is 12.8. The van der Waals surface area contributed by atoms with Gasteiger partial charge in [-0.15, -0.1) is 11.3 Å². The molecule has 0 saturated carbocycles. The highest BCUT2D eigenvalue weighted by Crippen LogP contribution is 2.32. The number of nitrogens with zero attached hydrogens (tertiary/aromatic N) is 2. The maximum Gasteiger partial charge on any atom is 0.282 e. The first-order valence-electron chi connectivity index (χ1n) is 7.75. The van der Waals surface area contributed by atoms with E-state index in [9.17, 15) is 4.79 Å². The minimum Gasteiger partial charge on any atom is -0.334 e. The lowest BCUT2D eigenvalue weighted by atomic mass is 10.1. The van der Waals surface area contributed by atoms with E-state index in [0.717, 1.165) is 26.2 Å². The molecule has 0 aliphatic heterocycles. The van der Waals surface area contributed by atoms with Gasteiger partial charge in [0.05, 0.1) is 5.39 Å². The molecule has 0 bridgehead atoms. The minimum atomic E-state index is -0.208. The number of hydrogen-bond acceptors (Lipinski definition) is 5. The summed E-state index contributed by atoms with van der Waals surface area (Å²) in [5.74, 6) is 6.76. The number of aromatic nitrogens is 2. The van der Waals surface area contributed by atoms with E-state index in [0.29, 0.717) is 16.3 Å². The van der Waals surface area contributed by atoms with Gasteiger partial charge in [-0.2, -0.15) is 0 Å². The van der Waals surface area contributed by atoms with E-state index in [-0.39, 0.29) is 5.56 Å². The van der Waals surface area contributed by atoms with Crippen LogP contribution in [0.1, 0.15) is 5.56 Å². The Morgan fingerprint density at radius 3 is 2.44 bits per heavy atom. The normalized spacial score (nSPS) is 11.0. The van der Waals surface area contributed by atoms with Crippen molar-refractivity contribution in [1.82, 2.24) is 9.66 Å². The lowest BCUT2D eigenvalue weighted by molar-refractivity contribution is 0.782. The molecule has 2 N–H and O–H groups in total. The van der Waals surface area contributed by atoms with Crippen LogP contribution >= 0.6 is 23.1 Å². The van der Waals surface area contributed by atoms with Crippen LogP contribution in [-0.2, 0) is 5.75 Å². The summed E-state index contributed by atoms with van der Waals surface area (Å²) in [4.78, 5) is 18.1. The molecule has 2 heterocycles. The van der Waals surface area contributed by atoms with Crippen LogP contribution < -0.4 is 11.4 Å². The lowest BCUT2D eigenvalue weighted by Gasteiger charge is -2.07. The zero-order valence-electron chi connectivity index (χ0n) is 13.3. The predicted molar refractivity (Wildman–Crippen MR) is 105 cm³/mol. The highest BCUT2D eigenvalue weighted by molar-refractivity contribution is 7.98. The Labute approximate surface area is 152 Å².